The second kappa shape index (κ2) is 6.05. The van der Waals surface area contributed by atoms with Crippen LogP contribution in [0, 0.1) is 13.8 Å². The van der Waals surface area contributed by atoms with Gasteiger partial charge in [0.05, 0.1) is 0 Å². The molecule has 0 radical (unpaired) electrons. The summed E-state index contributed by atoms with van der Waals surface area (Å²) < 4.78 is 10.6. The molecule has 0 aliphatic carbocycles. The Morgan fingerprint density at radius 1 is 1.00 bits per heavy atom. The fourth-order valence-electron chi connectivity index (χ4n) is 2.09. The largest absolute Gasteiger partial charge is 0.388 e. The number of benzene rings is 1. The molecule has 0 amide bonds. The van der Waals surface area contributed by atoms with E-state index in [1.165, 1.54) is 16.3 Å². The Morgan fingerprint density at radius 3 is 1.87 bits per heavy atom. The molecule has 15 heavy (non-hydrogen) atoms. The van der Waals surface area contributed by atoms with Gasteiger partial charge in [0, 0.05) is 26.7 Å². The highest BCUT2D eigenvalue weighted by molar-refractivity contribution is 6.74. The van der Waals surface area contributed by atoms with Crippen molar-refractivity contribution < 1.29 is 9.47 Å². The lowest BCUT2D eigenvalue weighted by Crippen LogP contribution is -2.42. The molecular weight excluding hydrogens is 204 g/mol. The Labute approximate surface area is 93.8 Å². The number of aryl methyl sites for hydroxylation is 2. The molecule has 0 atom stereocenters. The van der Waals surface area contributed by atoms with Gasteiger partial charge < -0.3 is 9.47 Å². The van der Waals surface area contributed by atoms with Crippen LogP contribution in [0.3, 0.4) is 0 Å². The highest BCUT2D eigenvalue weighted by atomic mass is 28.3. The quantitative estimate of drug-likeness (QED) is 0.698. The van der Waals surface area contributed by atoms with Crippen LogP contribution in [0.4, 0.5) is 0 Å². The average Bonchev–Trinajstić information content (AvgIpc) is 2.18. The van der Waals surface area contributed by atoms with Crippen molar-refractivity contribution in [2.45, 2.75) is 13.8 Å². The molecule has 3 heteroatoms. The van der Waals surface area contributed by atoms with Gasteiger partial charge in [-0.2, -0.15) is 0 Å². The maximum absolute atomic E-state index is 5.30. The normalized spacial score (nSPS) is 11.0. The molecule has 2 nitrogen and oxygen atoms in total. The van der Waals surface area contributed by atoms with Crippen LogP contribution < -0.4 is 5.19 Å². The molecule has 0 aliphatic rings. The predicted molar refractivity (Wildman–Crippen MR) is 66.5 cm³/mol. The van der Waals surface area contributed by atoms with Crippen molar-refractivity contribution in [3.8, 4) is 0 Å². The molecule has 0 N–H and O–H groups in total. The zero-order valence-electron chi connectivity index (χ0n) is 10.0. The molecular formula is C12H20O2Si. The van der Waals surface area contributed by atoms with Gasteiger partial charge in [0.15, 0.2) is 0 Å². The fourth-order valence-corrected chi connectivity index (χ4v) is 4.80. The van der Waals surface area contributed by atoms with Crippen molar-refractivity contribution in [1.82, 2.24) is 0 Å². The monoisotopic (exact) mass is 224 g/mol. The first-order valence-corrected chi connectivity index (χ1v) is 7.45. The Morgan fingerprint density at radius 2 is 1.47 bits per heavy atom. The number of hydrogen-bond donors (Lipinski definition) is 0. The summed E-state index contributed by atoms with van der Waals surface area (Å²) in [5, 5.41) is 1.50. The molecule has 0 fully saturated rings. The Balaban J connectivity index is 2.98. The van der Waals surface area contributed by atoms with E-state index in [0.717, 1.165) is 12.5 Å². The first kappa shape index (κ1) is 12.4. The SMILES string of the molecule is COC[SiH](COC)c1c(C)cccc1C. The summed E-state index contributed by atoms with van der Waals surface area (Å²) in [5.74, 6) is 0. The molecule has 0 aromatic heterocycles. The third-order valence-electron chi connectivity index (χ3n) is 2.69. The van der Waals surface area contributed by atoms with E-state index in [1.54, 1.807) is 14.2 Å². The number of methoxy groups -OCH3 is 2. The van der Waals surface area contributed by atoms with Gasteiger partial charge in [0.25, 0.3) is 0 Å². The second-order valence-electron chi connectivity index (χ2n) is 3.91. The van der Waals surface area contributed by atoms with Gasteiger partial charge in [-0.25, -0.2) is 0 Å². The van der Waals surface area contributed by atoms with E-state index in [0.29, 0.717) is 0 Å². The lowest BCUT2D eigenvalue weighted by Gasteiger charge is -2.18. The minimum Gasteiger partial charge on any atom is -0.388 e. The highest BCUT2D eigenvalue weighted by Gasteiger charge is 2.17. The molecule has 1 aromatic carbocycles. The van der Waals surface area contributed by atoms with Gasteiger partial charge in [-0.15, -0.1) is 0 Å². The molecule has 0 saturated heterocycles. The summed E-state index contributed by atoms with van der Waals surface area (Å²) in [7, 11) is 2.42. The van der Waals surface area contributed by atoms with Gasteiger partial charge in [-0.3, -0.25) is 0 Å². The van der Waals surface area contributed by atoms with E-state index in [2.05, 4.69) is 32.0 Å². The van der Waals surface area contributed by atoms with Crippen LogP contribution in [0.1, 0.15) is 11.1 Å². The highest BCUT2D eigenvalue weighted by Crippen LogP contribution is 2.03. The van der Waals surface area contributed by atoms with Crippen molar-refractivity contribution in [2.75, 3.05) is 26.7 Å². The molecule has 1 rings (SSSR count). The summed E-state index contributed by atoms with van der Waals surface area (Å²) in [4.78, 5) is 0. The smallest absolute Gasteiger partial charge is 0.129 e. The van der Waals surface area contributed by atoms with E-state index in [1.807, 2.05) is 0 Å². The third kappa shape index (κ3) is 3.16. The summed E-state index contributed by atoms with van der Waals surface area (Å²) in [6, 6.07) is 6.46. The number of rotatable bonds is 5. The summed E-state index contributed by atoms with van der Waals surface area (Å²) in [6.07, 6.45) is 1.69. The minimum absolute atomic E-state index is 0.847. The molecule has 0 saturated carbocycles. The molecule has 0 bridgehead atoms. The maximum Gasteiger partial charge on any atom is 0.129 e. The van der Waals surface area contributed by atoms with Gasteiger partial charge >= 0.3 is 0 Å². The van der Waals surface area contributed by atoms with Gasteiger partial charge in [-0.1, -0.05) is 34.5 Å². The van der Waals surface area contributed by atoms with Crippen molar-refractivity contribution >= 4 is 14.0 Å². The van der Waals surface area contributed by atoms with Crippen LogP contribution in [0.5, 0.6) is 0 Å². The molecule has 0 spiro atoms. The van der Waals surface area contributed by atoms with Crippen LogP contribution in [0.25, 0.3) is 0 Å². The van der Waals surface area contributed by atoms with Gasteiger partial charge in [0.2, 0.25) is 0 Å². The van der Waals surface area contributed by atoms with E-state index in [-0.39, 0.29) is 0 Å². The van der Waals surface area contributed by atoms with Crippen molar-refractivity contribution in [1.29, 1.82) is 0 Å². The van der Waals surface area contributed by atoms with Crippen molar-refractivity contribution in [3.05, 3.63) is 29.3 Å². The van der Waals surface area contributed by atoms with E-state index in [9.17, 15) is 0 Å². The lowest BCUT2D eigenvalue weighted by atomic mass is 10.2. The van der Waals surface area contributed by atoms with Crippen LogP contribution in [0.15, 0.2) is 18.2 Å². The van der Waals surface area contributed by atoms with Crippen LogP contribution in [-0.2, 0) is 9.47 Å². The fraction of sp³-hybridized carbons (Fsp3) is 0.500. The van der Waals surface area contributed by atoms with Gasteiger partial charge in [0.1, 0.15) is 8.80 Å². The maximum atomic E-state index is 5.30. The van der Waals surface area contributed by atoms with Crippen LogP contribution >= 0.6 is 0 Å². The zero-order valence-corrected chi connectivity index (χ0v) is 11.2. The van der Waals surface area contributed by atoms with E-state index >= 15 is 0 Å². The Bertz CT molecular complexity index is 286. The van der Waals surface area contributed by atoms with Crippen LogP contribution in [-0.4, -0.2) is 35.5 Å². The number of hydrogen-bond acceptors (Lipinski definition) is 2. The van der Waals surface area contributed by atoms with E-state index in [4.69, 9.17) is 9.47 Å². The molecule has 0 unspecified atom stereocenters. The number of ether oxygens (including phenoxy) is 2. The van der Waals surface area contributed by atoms with Gasteiger partial charge in [-0.05, 0) is 13.8 Å². The van der Waals surface area contributed by atoms with Crippen molar-refractivity contribution in [3.63, 3.8) is 0 Å². The summed E-state index contributed by atoms with van der Waals surface area (Å²) in [6.45, 7) is 4.35. The summed E-state index contributed by atoms with van der Waals surface area (Å²) in [5.41, 5.74) is 2.75. The standard InChI is InChI=1S/C12H20O2Si/c1-10-6-5-7-11(2)12(10)15(8-13-3)9-14-4/h5-7,15H,8-9H2,1-4H3. The summed E-state index contributed by atoms with van der Waals surface area (Å²) >= 11 is 0. The van der Waals surface area contributed by atoms with Crippen LogP contribution in [0.2, 0.25) is 0 Å². The average molecular weight is 224 g/mol. The van der Waals surface area contributed by atoms with Crippen molar-refractivity contribution in [2.24, 2.45) is 0 Å². The zero-order chi connectivity index (χ0) is 11.3. The second-order valence-corrected chi connectivity index (χ2v) is 6.55. The molecule has 0 heterocycles. The predicted octanol–water partition coefficient (Wildman–Crippen LogP) is 1.11. The topological polar surface area (TPSA) is 18.5 Å². The Hall–Kier alpha value is -0.643. The third-order valence-corrected chi connectivity index (χ3v) is 5.88. The lowest BCUT2D eigenvalue weighted by molar-refractivity contribution is 0.224. The first-order valence-electron chi connectivity index (χ1n) is 5.24. The Kier molecular flexibility index (Phi) is 5.01. The first-order chi connectivity index (χ1) is 7.20. The molecule has 84 valence electrons. The van der Waals surface area contributed by atoms with E-state index < -0.39 is 8.80 Å². The minimum atomic E-state index is -1.12. The molecule has 0 aliphatic heterocycles. The molecule has 1 aromatic rings.